The summed E-state index contributed by atoms with van der Waals surface area (Å²) in [7, 11) is 1.56. The first-order valence-electron chi connectivity index (χ1n) is 8.78. The lowest BCUT2D eigenvalue weighted by molar-refractivity contribution is 0.0528. The van der Waals surface area contributed by atoms with Gasteiger partial charge in [0.2, 0.25) is 0 Å². The van der Waals surface area contributed by atoms with Gasteiger partial charge in [-0.1, -0.05) is 0 Å². The Morgan fingerprint density at radius 3 is 2.43 bits per heavy atom. The zero-order valence-electron chi connectivity index (χ0n) is 16.4. The van der Waals surface area contributed by atoms with Crippen LogP contribution < -0.4 is 14.8 Å². The third kappa shape index (κ3) is 6.56. The lowest BCUT2D eigenvalue weighted by atomic mass is 10.1. The molecule has 0 fully saturated rings. The molecule has 2 aromatic rings. The van der Waals surface area contributed by atoms with Crippen LogP contribution in [0, 0.1) is 0 Å². The smallest absolute Gasteiger partial charge is 0.407 e. The number of benzene rings is 2. The second-order valence-corrected chi connectivity index (χ2v) is 7.93. The molecule has 0 saturated carbocycles. The normalized spacial score (nSPS) is 10.9. The first-order valence-corrected chi connectivity index (χ1v) is 9.57. The van der Waals surface area contributed by atoms with Crippen LogP contribution in [0.15, 0.2) is 40.9 Å². The summed E-state index contributed by atoms with van der Waals surface area (Å²) in [5.74, 6) is 1.67. The SMILES string of the molecule is COc1c(Br)cc(CCNC(=O)OC(C)(C)C)cc1Oc1ccc(C=O)cc1. The highest BCUT2D eigenvalue weighted by Crippen LogP contribution is 2.39. The van der Waals surface area contributed by atoms with E-state index < -0.39 is 11.7 Å². The predicted octanol–water partition coefficient (Wildman–Crippen LogP) is 5.13. The largest absolute Gasteiger partial charge is 0.492 e. The van der Waals surface area contributed by atoms with Gasteiger partial charge in [-0.2, -0.15) is 0 Å². The molecule has 1 N–H and O–H groups in total. The summed E-state index contributed by atoms with van der Waals surface area (Å²) >= 11 is 3.49. The highest BCUT2D eigenvalue weighted by molar-refractivity contribution is 9.10. The minimum Gasteiger partial charge on any atom is -0.492 e. The van der Waals surface area contributed by atoms with E-state index >= 15 is 0 Å². The summed E-state index contributed by atoms with van der Waals surface area (Å²) in [6, 6.07) is 10.6. The van der Waals surface area contributed by atoms with E-state index in [0.717, 1.165) is 16.3 Å². The van der Waals surface area contributed by atoms with Crippen molar-refractivity contribution in [3.63, 3.8) is 0 Å². The fourth-order valence-electron chi connectivity index (χ4n) is 2.40. The first-order chi connectivity index (χ1) is 13.2. The molecule has 0 spiro atoms. The topological polar surface area (TPSA) is 73.9 Å². The van der Waals surface area contributed by atoms with Gasteiger partial charge in [0.15, 0.2) is 11.5 Å². The van der Waals surface area contributed by atoms with Gasteiger partial charge in [0.1, 0.15) is 17.6 Å². The summed E-state index contributed by atoms with van der Waals surface area (Å²) in [6.07, 6.45) is 0.911. The van der Waals surface area contributed by atoms with Crippen LogP contribution >= 0.6 is 15.9 Å². The quantitative estimate of drug-likeness (QED) is 0.592. The van der Waals surface area contributed by atoms with E-state index in [9.17, 15) is 9.59 Å². The highest BCUT2D eigenvalue weighted by Gasteiger charge is 2.16. The van der Waals surface area contributed by atoms with E-state index in [1.807, 2.05) is 32.9 Å². The molecule has 6 nitrogen and oxygen atoms in total. The van der Waals surface area contributed by atoms with Gasteiger partial charge in [-0.05, 0) is 85.1 Å². The van der Waals surface area contributed by atoms with E-state index in [1.165, 1.54) is 0 Å². The summed E-state index contributed by atoms with van der Waals surface area (Å²) in [5.41, 5.74) is 0.985. The number of carbonyl (C=O) groups excluding carboxylic acids is 2. The molecule has 0 radical (unpaired) electrons. The Bertz CT molecular complexity index is 828. The Hall–Kier alpha value is -2.54. The fourth-order valence-corrected chi connectivity index (χ4v) is 3.06. The second-order valence-electron chi connectivity index (χ2n) is 7.08. The molecule has 28 heavy (non-hydrogen) atoms. The maximum atomic E-state index is 11.8. The van der Waals surface area contributed by atoms with Crippen molar-refractivity contribution in [1.82, 2.24) is 5.32 Å². The number of hydrogen-bond acceptors (Lipinski definition) is 5. The van der Waals surface area contributed by atoms with E-state index in [4.69, 9.17) is 14.2 Å². The molecular weight excluding hydrogens is 426 g/mol. The number of ether oxygens (including phenoxy) is 3. The summed E-state index contributed by atoms with van der Waals surface area (Å²) in [4.78, 5) is 22.5. The molecule has 0 atom stereocenters. The molecule has 1 amide bonds. The van der Waals surface area contributed by atoms with Gasteiger partial charge in [0.25, 0.3) is 0 Å². The van der Waals surface area contributed by atoms with Gasteiger partial charge in [-0.3, -0.25) is 4.79 Å². The summed E-state index contributed by atoms with van der Waals surface area (Å²) in [5, 5.41) is 2.74. The number of amides is 1. The lowest BCUT2D eigenvalue weighted by Crippen LogP contribution is -2.33. The van der Waals surface area contributed by atoms with Crippen molar-refractivity contribution < 1.29 is 23.8 Å². The van der Waals surface area contributed by atoms with Crippen LogP contribution in [0.2, 0.25) is 0 Å². The molecule has 0 aliphatic heterocycles. The van der Waals surface area contributed by atoms with Crippen LogP contribution in [0.4, 0.5) is 4.79 Å². The standard InChI is InChI=1S/C21H24BrNO5/c1-21(2,3)28-20(25)23-10-9-15-11-17(22)19(26-4)18(12-15)27-16-7-5-14(13-24)6-8-16/h5-8,11-13H,9-10H2,1-4H3,(H,23,25). The van der Waals surface area contributed by atoms with Crippen molar-refractivity contribution in [3.05, 3.63) is 52.0 Å². The summed E-state index contributed by atoms with van der Waals surface area (Å²) < 4.78 is 17.3. The Labute approximate surface area is 173 Å². The minimum atomic E-state index is -0.534. The van der Waals surface area contributed by atoms with Crippen LogP contribution in [0.25, 0.3) is 0 Å². The van der Waals surface area contributed by atoms with E-state index in [0.29, 0.717) is 35.8 Å². The van der Waals surface area contributed by atoms with E-state index in [1.54, 1.807) is 31.4 Å². The van der Waals surface area contributed by atoms with Crippen LogP contribution in [0.1, 0.15) is 36.7 Å². The number of hydrogen-bond donors (Lipinski definition) is 1. The lowest BCUT2D eigenvalue weighted by Gasteiger charge is -2.19. The number of alkyl carbamates (subject to hydrolysis) is 1. The van der Waals surface area contributed by atoms with Gasteiger partial charge in [0.05, 0.1) is 11.6 Å². The van der Waals surface area contributed by atoms with Crippen molar-refractivity contribution in [1.29, 1.82) is 0 Å². The number of halogens is 1. The second kappa shape index (κ2) is 9.59. The maximum Gasteiger partial charge on any atom is 0.407 e. The maximum absolute atomic E-state index is 11.8. The van der Waals surface area contributed by atoms with E-state index in [2.05, 4.69) is 21.2 Å². The van der Waals surface area contributed by atoms with E-state index in [-0.39, 0.29) is 0 Å². The Morgan fingerprint density at radius 1 is 1.18 bits per heavy atom. The average molecular weight is 450 g/mol. The number of methoxy groups -OCH3 is 1. The van der Waals surface area contributed by atoms with Crippen LogP contribution in [0.5, 0.6) is 17.2 Å². The zero-order valence-corrected chi connectivity index (χ0v) is 18.0. The average Bonchev–Trinajstić information content (AvgIpc) is 2.61. The molecular formula is C21H24BrNO5. The van der Waals surface area contributed by atoms with Crippen LogP contribution in [-0.4, -0.2) is 31.6 Å². The Morgan fingerprint density at radius 2 is 1.86 bits per heavy atom. The molecule has 0 aromatic heterocycles. The molecule has 0 unspecified atom stereocenters. The number of aldehydes is 1. The highest BCUT2D eigenvalue weighted by atomic mass is 79.9. The summed E-state index contributed by atoms with van der Waals surface area (Å²) in [6.45, 7) is 5.87. The number of rotatable bonds is 7. The molecule has 0 saturated heterocycles. The van der Waals surface area contributed by atoms with Gasteiger partial charge < -0.3 is 19.5 Å². The van der Waals surface area contributed by atoms with Crippen molar-refractivity contribution in [3.8, 4) is 17.2 Å². The Kier molecular flexibility index (Phi) is 7.45. The van der Waals surface area contributed by atoms with Crippen molar-refractivity contribution in [2.75, 3.05) is 13.7 Å². The molecule has 0 bridgehead atoms. The fraction of sp³-hybridized carbons (Fsp3) is 0.333. The number of nitrogens with one attached hydrogen (secondary N) is 1. The Balaban J connectivity index is 2.09. The molecule has 2 aromatic carbocycles. The molecule has 150 valence electrons. The molecule has 0 heterocycles. The number of carbonyl (C=O) groups is 2. The molecule has 0 aliphatic rings. The molecule has 7 heteroatoms. The third-order valence-electron chi connectivity index (χ3n) is 3.60. The predicted molar refractivity (Wildman–Crippen MR) is 111 cm³/mol. The first kappa shape index (κ1) is 21.8. The van der Waals surface area contributed by atoms with Gasteiger partial charge >= 0.3 is 6.09 Å². The van der Waals surface area contributed by atoms with Gasteiger partial charge in [-0.25, -0.2) is 4.79 Å². The van der Waals surface area contributed by atoms with Gasteiger partial charge in [-0.15, -0.1) is 0 Å². The third-order valence-corrected chi connectivity index (χ3v) is 4.19. The molecule has 2 rings (SSSR count). The minimum absolute atomic E-state index is 0.418. The van der Waals surface area contributed by atoms with Crippen LogP contribution in [0.3, 0.4) is 0 Å². The van der Waals surface area contributed by atoms with Crippen LogP contribution in [-0.2, 0) is 11.2 Å². The molecule has 0 aliphatic carbocycles. The monoisotopic (exact) mass is 449 g/mol. The van der Waals surface area contributed by atoms with Gasteiger partial charge in [0, 0.05) is 12.1 Å². The van der Waals surface area contributed by atoms with Crippen molar-refractivity contribution in [2.24, 2.45) is 0 Å². The van der Waals surface area contributed by atoms with Crippen molar-refractivity contribution in [2.45, 2.75) is 32.8 Å². The van der Waals surface area contributed by atoms with Crippen molar-refractivity contribution >= 4 is 28.3 Å². The zero-order chi connectivity index (χ0) is 20.7.